The summed E-state index contributed by atoms with van der Waals surface area (Å²) in [7, 11) is 0. The molecule has 2 aromatic rings. The number of piperidine rings is 1. The van der Waals surface area contributed by atoms with Gasteiger partial charge in [-0.1, -0.05) is 26.0 Å². The summed E-state index contributed by atoms with van der Waals surface area (Å²) in [5.74, 6) is 2.04. The van der Waals surface area contributed by atoms with E-state index in [1.807, 2.05) is 24.3 Å². The minimum Gasteiger partial charge on any atom is -0.325 e. The Morgan fingerprint density at radius 2 is 2.04 bits per heavy atom. The Hall–Kier alpha value is -2.21. The topological polar surface area (TPSA) is 82.7 Å². The summed E-state index contributed by atoms with van der Waals surface area (Å²) in [6.07, 6.45) is 3.22. The van der Waals surface area contributed by atoms with Gasteiger partial charge in [-0.25, -0.2) is 4.98 Å². The highest BCUT2D eigenvalue weighted by Gasteiger charge is 2.57. The average Bonchev–Trinajstić information content (AvgIpc) is 3.07. The second kappa shape index (κ2) is 6.26. The van der Waals surface area contributed by atoms with Gasteiger partial charge in [0.25, 0.3) is 0 Å². The van der Waals surface area contributed by atoms with Crippen molar-refractivity contribution in [1.29, 1.82) is 0 Å². The molecule has 1 saturated heterocycles. The lowest BCUT2D eigenvalue weighted by Gasteiger charge is -2.23. The molecular formula is C19H25N5O. The summed E-state index contributed by atoms with van der Waals surface area (Å²) < 4.78 is 0. The van der Waals surface area contributed by atoms with Crippen molar-refractivity contribution in [3.05, 3.63) is 30.1 Å². The van der Waals surface area contributed by atoms with Gasteiger partial charge >= 0.3 is 0 Å². The summed E-state index contributed by atoms with van der Waals surface area (Å²) in [5, 5.41) is 13.8. The Bertz CT molecular complexity index is 776. The number of nitrogens with one attached hydrogen (secondary N) is 3. The number of nitrogens with zero attached hydrogens (tertiary/aromatic N) is 2. The van der Waals surface area contributed by atoms with Crippen molar-refractivity contribution in [3.63, 3.8) is 0 Å². The fraction of sp³-hybridized carbons (Fsp3) is 0.526. The molecule has 4 rings (SSSR count). The zero-order chi connectivity index (χ0) is 17.4. The van der Waals surface area contributed by atoms with Gasteiger partial charge in [0.05, 0.1) is 5.69 Å². The summed E-state index contributed by atoms with van der Waals surface area (Å²) in [6, 6.07) is 7.76. The van der Waals surface area contributed by atoms with Gasteiger partial charge in [0.2, 0.25) is 5.91 Å². The third kappa shape index (κ3) is 3.06. The van der Waals surface area contributed by atoms with Crippen molar-refractivity contribution in [3.8, 4) is 11.4 Å². The lowest BCUT2D eigenvalue weighted by molar-refractivity contribution is -0.118. The first-order chi connectivity index (χ1) is 12.1. The SMILES string of the molecule is CC(C)c1nc(-c2ccccc2NC(=O)C2CC23CCNCC3)n[nH]1. The second-order valence-corrected chi connectivity index (χ2v) is 7.60. The van der Waals surface area contributed by atoms with E-state index in [1.165, 1.54) is 0 Å². The number of aromatic nitrogens is 3. The van der Waals surface area contributed by atoms with Gasteiger partial charge < -0.3 is 10.6 Å². The number of benzene rings is 1. The van der Waals surface area contributed by atoms with Crippen molar-refractivity contribution in [1.82, 2.24) is 20.5 Å². The molecule has 3 N–H and O–H groups in total. The number of H-pyrrole nitrogens is 1. The number of hydrogen-bond acceptors (Lipinski definition) is 4. The molecular weight excluding hydrogens is 314 g/mol. The summed E-state index contributed by atoms with van der Waals surface area (Å²) in [6.45, 7) is 6.19. The molecule has 0 radical (unpaired) electrons. The van der Waals surface area contributed by atoms with Gasteiger partial charge in [-0.3, -0.25) is 9.89 Å². The Labute approximate surface area is 147 Å². The minimum atomic E-state index is 0.133. The van der Waals surface area contributed by atoms with E-state index in [4.69, 9.17) is 0 Å². The van der Waals surface area contributed by atoms with Crippen LogP contribution in [-0.4, -0.2) is 34.2 Å². The molecule has 25 heavy (non-hydrogen) atoms. The van der Waals surface area contributed by atoms with Crippen LogP contribution < -0.4 is 10.6 Å². The Morgan fingerprint density at radius 3 is 2.76 bits per heavy atom. The van der Waals surface area contributed by atoms with E-state index in [2.05, 4.69) is 39.7 Å². The molecule has 1 atom stereocenters. The number of hydrogen-bond donors (Lipinski definition) is 3. The Morgan fingerprint density at radius 1 is 1.28 bits per heavy atom. The maximum atomic E-state index is 12.8. The summed E-state index contributed by atoms with van der Waals surface area (Å²) in [4.78, 5) is 17.3. The lowest BCUT2D eigenvalue weighted by atomic mass is 9.91. The van der Waals surface area contributed by atoms with Crippen LogP contribution in [0.1, 0.15) is 44.9 Å². The maximum absolute atomic E-state index is 12.8. The van der Waals surface area contributed by atoms with Crippen LogP contribution in [0.4, 0.5) is 5.69 Å². The largest absolute Gasteiger partial charge is 0.325 e. The van der Waals surface area contributed by atoms with Gasteiger partial charge in [-0.2, -0.15) is 5.10 Å². The van der Waals surface area contributed by atoms with Gasteiger partial charge in [0, 0.05) is 17.4 Å². The van der Waals surface area contributed by atoms with E-state index in [0.717, 1.165) is 49.4 Å². The third-order valence-electron chi connectivity index (χ3n) is 5.58. The number of amides is 1. The zero-order valence-corrected chi connectivity index (χ0v) is 14.8. The van der Waals surface area contributed by atoms with Crippen LogP contribution >= 0.6 is 0 Å². The Kier molecular flexibility index (Phi) is 4.07. The Balaban J connectivity index is 1.52. The standard InChI is InChI=1S/C19H25N5O/c1-12(2)16-22-17(24-23-16)13-5-3-4-6-15(13)21-18(25)14-11-19(14)7-9-20-10-8-19/h3-6,12,14,20H,7-11H2,1-2H3,(H,21,25)(H,22,23,24). The highest BCUT2D eigenvalue weighted by molar-refractivity contribution is 5.98. The van der Waals surface area contributed by atoms with Crippen LogP contribution in [0.5, 0.6) is 0 Å². The fourth-order valence-corrected chi connectivity index (χ4v) is 3.86. The van der Waals surface area contributed by atoms with Crippen molar-refractivity contribution in [2.75, 3.05) is 18.4 Å². The molecule has 2 aliphatic rings. The normalized spacial score (nSPS) is 21.5. The predicted octanol–water partition coefficient (Wildman–Crippen LogP) is 2.92. The average molecular weight is 339 g/mol. The summed E-state index contributed by atoms with van der Waals surface area (Å²) in [5.41, 5.74) is 1.89. The molecule has 1 aliphatic heterocycles. The van der Waals surface area contributed by atoms with E-state index < -0.39 is 0 Å². The number of anilines is 1. The zero-order valence-electron chi connectivity index (χ0n) is 14.8. The number of carbonyl (C=O) groups excluding carboxylic acids is 1. The molecule has 6 nitrogen and oxygen atoms in total. The molecule has 1 amide bonds. The van der Waals surface area contributed by atoms with Crippen LogP contribution in [-0.2, 0) is 4.79 Å². The smallest absolute Gasteiger partial charge is 0.228 e. The molecule has 0 bridgehead atoms. The number of para-hydroxylation sites is 1. The molecule has 1 saturated carbocycles. The molecule has 6 heteroatoms. The molecule has 132 valence electrons. The lowest BCUT2D eigenvalue weighted by Crippen LogP contribution is -2.31. The van der Waals surface area contributed by atoms with Crippen molar-refractivity contribution < 1.29 is 4.79 Å². The molecule has 2 heterocycles. The predicted molar refractivity (Wildman–Crippen MR) is 97.2 cm³/mol. The molecule has 1 aromatic carbocycles. The number of aromatic amines is 1. The number of rotatable bonds is 4. The third-order valence-corrected chi connectivity index (χ3v) is 5.58. The second-order valence-electron chi connectivity index (χ2n) is 7.60. The molecule has 1 unspecified atom stereocenters. The quantitative estimate of drug-likeness (QED) is 0.800. The van der Waals surface area contributed by atoms with Gasteiger partial charge in [-0.15, -0.1) is 0 Å². The van der Waals surface area contributed by atoms with Crippen LogP contribution in [0, 0.1) is 11.3 Å². The van der Waals surface area contributed by atoms with Crippen LogP contribution in [0.15, 0.2) is 24.3 Å². The molecule has 2 fully saturated rings. The van der Waals surface area contributed by atoms with Gasteiger partial charge in [0.15, 0.2) is 5.82 Å². The minimum absolute atomic E-state index is 0.133. The first-order valence-electron chi connectivity index (χ1n) is 9.12. The highest BCUT2D eigenvalue weighted by atomic mass is 16.2. The molecule has 1 spiro atoms. The van der Waals surface area contributed by atoms with Crippen LogP contribution in [0.3, 0.4) is 0 Å². The van der Waals surface area contributed by atoms with E-state index in [0.29, 0.717) is 5.82 Å². The van der Waals surface area contributed by atoms with Crippen molar-refractivity contribution in [2.45, 2.75) is 39.0 Å². The number of carbonyl (C=O) groups is 1. The van der Waals surface area contributed by atoms with Crippen LogP contribution in [0.2, 0.25) is 0 Å². The first-order valence-corrected chi connectivity index (χ1v) is 9.12. The highest BCUT2D eigenvalue weighted by Crippen LogP contribution is 2.58. The molecule has 1 aromatic heterocycles. The molecule has 1 aliphatic carbocycles. The van der Waals surface area contributed by atoms with Crippen LogP contribution in [0.25, 0.3) is 11.4 Å². The fourth-order valence-electron chi connectivity index (χ4n) is 3.86. The van der Waals surface area contributed by atoms with Gasteiger partial charge in [-0.05, 0) is 49.9 Å². The van der Waals surface area contributed by atoms with E-state index in [9.17, 15) is 4.79 Å². The summed E-state index contributed by atoms with van der Waals surface area (Å²) >= 11 is 0. The van der Waals surface area contributed by atoms with Crippen molar-refractivity contribution >= 4 is 11.6 Å². The van der Waals surface area contributed by atoms with E-state index in [-0.39, 0.29) is 23.2 Å². The van der Waals surface area contributed by atoms with E-state index in [1.54, 1.807) is 0 Å². The van der Waals surface area contributed by atoms with Crippen molar-refractivity contribution in [2.24, 2.45) is 11.3 Å². The monoisotopic (exact) mass is 339 g/mol. The maximum Gasteiger partial charge on any atom is 0.228 e. The first kappa shape index (κ1) is 16.3. The van der Waals surface area contributed by atoms with Gasteiger partial charge in [0.1, 0.15) is 5.82 Å². The van der Waals surface area contributed by atoms with E-state index >= 15 is 0 Å².